The summed E-state index contributed by atoms with van der Waals surface area (Å²) in [6, 6.07) is -13.3. The number of carboxylic acid groups (broad SMARTS) is 1. The van der Waals surface area contributed by atoms with Gasteiger partial charge in [0.05, 0.1) is 0 Å². The van der Waals surface area contributed by atoms with Gasteiger partial charge in [-0.25, -0.2) is 0 Å². The van der Waals surface area contributed by atoms with Crippen molar-refractivity contribution < 1.29 is 106 Å². The second kappa shape index (κ2) is 53.7. The lowest BCUT2D eigenvalue weighted by Gasteiger charge is -2.33. The number of hydrogen-bond donors (Lipinski definition) is 26. The standard InChI is InChI=1S/C87H159N25O22/c1-47(93-68(125)79(9,10)108-62(118)53(37-27-32-42-88)98-73(130)78(7,8)103-52(6)113)58(114)104-84(19,20)74(131)99-54(38-28-33-43-89)63(119)109-80(11,12)69(126)94-48(2)59(115)105-85(21,22)75(132)100-55(39-29-34-44-90)64(120)110-81(13,14)70(127)95-49(3)60(116)106-86(23,24)76(133)101-56(40-30-35-45-91)65(121)111-82(15,16)71(128)96-50(4)61(117)107-87(25,26)77(134)102-57(41-31-36-46-92)66(122)112-83(17,18)72(129)97-51(5)67(123)124/h47-51,53-57H,27-46,88-92H2,1-26H3,(H,93,125)(H,94,126)(H,95,127)(H,96,128)(H,97,129)(H,98,130)(H,99,131)(H,100,132)(H,101,133)(H,102,134)(H,103,113)(H,104,114)(H,105,115)(H,106,116)(H,107,117)(H,108,118)(H,109,119)(H,110,120)(H,111,121)(H,112,122)(H,123,124)/t47-,48-,49-,50-,51-,53-,54-,55-,56-,57-/m0/s1. The summed E-state index contributed by atoms with van der Waals surface area (Å²) in [7, 11) is 0. The maximum absolute atomic E-state index is 14.2. The zero-order valence-corrected chi connectivity index (χ0v) is 83.3. The summed E-state index contributed by atoms with van der Waals surface area (Å²) >= 11 is 0. The summed E-state index contributed by atoms with van der Waals surface area (Å²) in [6.45, 7) is 35.6. The Labute approximate surface area is 786 Å². The molecule has 0 aliphatic carbocycles. The van der Waals surface area contributed by atoms with Crippen LogP contribution in [0.2, 0.25) is 0 Å². The second-order valence-corrected chi connectivity index (χ2v) is 39.2. The summed E-state index contributed by atoms with van der Waals surface area (Å²) in [5.41, 5.74) is 11.3. The molecular weight excluding hydrogens is 1750 g/mol. The number of aliphatic carboxylic acids is 1. The quantitative estimate of drug-likeness (QED) is 0.0253. The van der Waals surface area contributed by atoms with E-state index in [1.807, 2.05) is 0 Å². The largest absolute Gasteiger partial charge is 0.480 e. The minimum atomic E-state index is -1.83. The molecule has 0 aromatic heterocycles. The van der Waals surface area contributed by atoms with E-state index in [0.29, 0.717) is 64.3 Å². The van der Waals surface area contributed by atoms with E-state index in [9.17, 15) is 106 Å². The molecule has 0 spiro atoms. The smallest absolute Gasteiger partial charge is 0.325 e. The fourth-order valence-electron chi connectivity index (χ4n) is 12.4. The third kappa shape index (κ3) is 41.7. The molecule has 0 aliphatic heterocycles. The van der Waals surface area contributed by atoms with Crippen LogP contribution in [0.3, 0.4) is 0 Å². The van der Waals surface area contributed by atoms with Crippen LogP contribution < -0.4 is 135 Å². The molecule has 0 aromatic rings. The Morgan fingerprint density at radius 3 is 0.463 bits per heavy atom. The molecule has 0 bridgehead atoms. The molecule has 0 aromatic carbocycles. The third-order valence-corrected chi connectivity index (χ3v) is 21.6. The fraction of sp³-hybridized carbons (Fsp3) is 0.759. The topological polar surface area (TPSA) is 749 Å². The van der Waals surface area contributed by atoms with Gasteiger partial charge in [0.1, 0.15) is 116 Å². The van der Waals surface area contributed by atoms with E-state index in [-0.39, 0.29) is 64.7 Å². The fourth-order valence-corrected chi connectivity index (χ4v) is 12.4. The Bertz CT molecular complexity index is 4120. The summed E-state index contributed by atoms with van der Waals surface area (Å²) < 4.78 is 0. The normalized spacial score (nSPS) is 14.4. The van der Waals surface area contributed by atoms with Crippen LogP contribution in [0.25, 0.3) is 0 Å². The monoisotopic (exact) mass is 1910 g/mol. The second-order valence-electron chi connectivity index (χ2n) is 39.2. The van der Waals surface area contributed by atoms with E-state index in [0.717, 1.165) is 0 Å². The Kier molecular flexibility index (Phi) is 49.1. The first kappa shape index (κ1) is 123. The van der Waals surface area contributed by atoms with Crippen LogP contribution in [-0.2, 0) is 101 Å². The summed E-state index contributed by atoms with van der Waals surface area (Å²) in [5.74, 6) is -18.0. The third-order valence-electron chi connectivity index (χ3n) is 21.6. The molecule has 47 heteroatoms. The van der Waals surface area contributed by atoms with Crippen LogP contribution in [0.4, 0.5) is 0 Å². The van der Waals surface area contributed by atoms with Crippen molar-refractivity contribution in [2.75, 3.05) is 32.7 Å². The summed E-state index contributed by atoms with van der Waals surface area (Å²) in [5, 5.41) is 60.3. The van der Waals surface area contributed by atoms with Crippen molar-refractivity contribution in [2.45, 2.75) is 392 Å². The van der Waals surface area contributed by atoms with Crippen molar-refractivity contribution in [3.8, 4) is 0 Å². The van der Waals surface area contributed by atoms with Gasteiger partial charge in [-0.1, -0.05) is 0 Å². The molecule has 764 valence electrons. The van der Waals surface area contributed by atoms with Gasteiger partial charge in [-0.15, -0.1) is 0 Å². The molecule has 47 nitrogen and oxygen atoms in total. The lowest BCUT2D eigenvalue weighted by molar-refractivity contribution is -0.143. The van der Waals surface area contributed by atoms with Gasteiger partial charge in [-0.3, -0.25) is 101 Å². The molecule has 0 radical (unpaired) electrons. The summed E-state index contributed by atoms with van der Waals surface area (Å²) in [6.07, 6.45) is 3.92. The molecule has 0 heterocycles. The van der Waals surface area contributed by atoms with Crippen molar-refractivity contribution in [3.05, 3.63) is 0 Å². The van der Waals surface area contributed by atoms with Crippen molar-refractivity contribution in [1.82, 2.24) is 106 Å². The van der Waals surface area contributed by atoms with Crippen molar-refractivity contribution in [2.24, 2.45) is 28.7 Å². The average molecular weight is 1910 g/mol. The van der Waals surface area contributed by atoms with Gasteiger partial charge in [0.15, 0.2) is 0 Å². The van der Waals surface area contributed by atoms with Crippen LogP contribution in [0.15, 0.2) is 0 Å². The van der Waals surface area contributed by atoms with E-state index in [1.54, 1.807) is 0 Å². The predicted molar refractivity (Wildman–Crippen MR) is 498 cm³/mol. The number of unbranched alkanes of at least 4 members (excludes halogenated alkanes) is 5. The van der Waals surface area contributed by atoms with Crippen molar-refractivity contribution in [3.63, 3.8) is 0 Å². The highest BCUT2D eigenvalue weighted by Gasteiger charge is 2.46. The van der Waals surface area contributed by atoms with Crippen LogP contribution in [-0.4, -0.2) is 278 Å². The molecule has 0 unspecified atom stereocenters. The number of hydrogen-bond acceptors (Lipinski definition) is 26. The van der Waals surface area contributed by atoms with Gasteiger partial charge in [0, 0.05) is 6.92 Å². The number of nitrogens with one attached hydrogen (secondary N) is 20. The number of carbonyl (C=O) groups excluding carboxylic acids is 20. The Hall–Kier alpha value is -11.3. The number of carbonyl (C=O) groups is 21. The van der Waals surface area contributed by atoms with E-state index >= 15 is 0 Å². The molecule has 31 N–H and O–H groups in total. The maximum atomic E-state index is 14.2. The van der Waals surface area contributed by atoms with E-state index in [1.165, 1.54) is 180 Å². The Morgan fingerprint density at radius 2 is 0.328 bits per heavy atom. The minimum absolute atomic E-state index is 0.00857. The van der Waals surface area contributed by atoms with Gasteiger partial charge in [0.25, 0.3) is 0 Å². The number of rotatable bonds is 60. The molecule has 0 fully saturated rings. The molecule has 20 amide bonds. The highest BCUT2D eigenvalue weighted by Crippen LogP contribution is 2.19. The molecule has 10 atom stereocenters. The van der Waals surface area contributed by atoms with Gasteiger partial charge in [0.2, 0.25) is 118 Å². The first-order valence-corrected chi connectivity index (χ1v) is 45.3. The predicted octanol–water partition coefficient (Wildman–Crippen LogP) is -5.37. The van der Waals surface area contributed by atoms with E-state index in [4.69, 9.17) is 28.7 Å². The first-order chi connectivity index (χ1) is 61.2. The molecule has 0 saturated heterocycles. The van der Waals surface area contributed by atoms with Crippen LogP contribution >= 0.6 is 0 Å². The Morgan fingerprint density at radius 1 is 0.201 bits per heavy atom. The minimum Gasteiger partial charge on any atom is -0.480 e. The average Bonchev–Trinajstić information content (AvgIpc) is 0.834. The first-order valence-electron chi connectivity index (χ1n) is 45.3. The molecule has 0 aliphatic rings. The summed E-state index contributed by atoms with van der Waals surface area (Å²) in [4.78, 5) is 286. The zero-order valence-electron chi connectivity index (χ0n) is 83.3. The Balaban J connectivity index is 6.29. The van der Waals surface area contributed by atoms with Gasteiger partial charge in [-0.2, -0.15) is 0 Å². The zero-order chi connectivity index (χ0) is 104. The lowest BCUT2D eigenvalue weighted by atomic mass is 9.98. The molecule has 0 rings (SSSR count). The van der Waals surface area contributed by atoms with Crippen molar-refractivity contribution in [1.29, 1.82) is 0 Å². The maximum Gasteiger partial charge on any atom is 0.325 e. The van der Waals surface area contributed by atoms with E-state index < -0.39 is 240 Å². The van der Waals surface area contributed by atoms with E-state index in [2.05, 4.69) is 106 Å². The van der Waals surface area contributed by atoms with Crippen LogP contribution in [0.5, 0.6) is 0 Å². The van der Waals surface area contributed by atoms with Crippen molar-refractivity contribution >= 4 is 124 Å². The number of nitrogens with two attached hydrogens (primary N) is 5. The SMILES string of the molecule is CC(=O)NC(C)(C)C(=O)N[C@@H](CCCCN)C(=O)NC(C)(C)C(=O)N[C@@H](C)C(=O)NC(C)(C)C(=O)N[C@@H](CCCCN)C(=O)NC(C)(C)C(=O)N[C@@H](C)C(=O)NC(C)(C)C(=O)N[C@@H](CCCCN)C(=O)NC(C)(C)C(=O)N[C@@H](C)C(=O)NC(C)(C)C(=O)N[C@@H](CCCCN)C(=O)NC(C)(C)C(=O)N[C@@H](C)C(=O)NC(C)(C)C(=O)N[C@@H](CCCCN)C(=O)NC(C)(C)C(=O)N[C@@H](C)C(=O)O. The molecule has 134 heavy (non-hydrogen) atoms. The molecular formula is C87H159N25O22. The molecule has 0 saturated carbocycles. The van der Waals surface area contributed by atoms with Gasteiger partial charge in [-0.05, 0) is 302 Å². The lowest BCUT2D eigenvalue weighted by Crippen LogP contribution is -2.66. The van der Waals surface area contributed by atoms with Crippen LogP contribution in [0.1, 0.15) is 276 Å². The van der Waals surface area contributed by atoms with Gasteiger partial charge < -0.3 is 140 Å². The highest BCUT2D eigenvalue weighted by molar-refractivity contribution is 6.05. The number of carboxylic acids is 1. The highest BCUT2D eigenvalue weighted by atomic mass is 16.4. The van der Waals surface area contributed by atoms with Gasteiger partial charge >= 0.3 is 5.97 Å². The number of amides is 20. The van der Waals surface area contributed by atoms with Crippen LogP contribution in [0, 0.1) is 0 Å².